The van der Waals surface area contributed by atoms with Crippen LogP contribution in [-0.2, 0) is 0 Å². The standard InChI is InChI=1S/C7H16O.C3H8/c1-3-5-6-7(8)4-2;1-3-2/h7-8H,3-6H2,1-2H3;3H2,1-2H3. The van der Waals surface area contributed by atoms with Gasteiger partial charge in [-0.25, -0.2) is 0 Å². The highest BCUT2D eigenvalue weighted by atomic mass is 16.3. The third-order valence-electron chi connectivity index (χ3n) is 1.36. The summed E-state index contributed by atoms with van der Waals surface area (Å²) in [5.41, 5.74) is 0. The average molecular weight is 160 g/mol. The van der Waals surface area contributed by atoms with Crippen LogP contribution in [-0.4, -0.2) is 11.2 Å². The summed E-state index contributed by atoms with van der Waals surface area (Å²) in [5.74, 6) is 0. The summed E-state index contributed by atoms with van der Waals surface area (Å²) in [5, 5.41) is 8.99. The Morgan fingerprint density at radius 3 is 1.82 bits per heavy atom. The molecule has 0 aliphatic carbocycles. The first-order valence-electron chi connectivity index (χ1n) is 4.90. The first-order valence-corrected chi connectivity index (χ1v) is 4.90. The van der Waals surface area contributed by atoms with E-state index in [2.05, 4.69) is 20.8 Å². The van der Waals surface area contributed by atoms with E-state index in [0.717, 1.165) is 19.3 Å². The van der Waals surface area contributed by atoms with Crippen molar-refractivity contribution in [2.75, 3.05) is 0 Å². The van der Waals surface area contributed by atoms with E-state index < -0.39 is 0 Å². The van der Waals surface area contributed by atoms with Crippen molar-refractivity contribution in [2.24, 2.45) is 0 Å². The third-order valence-corrected chi connectivity index (χ3v) is 1.36. The largest absolute Gasteiger partial charge is 0.393 e. The lowest BCUT2D eigenvalue weighted by Crippen LogP contribution is -2.02. The molecule has 1 N–H and O–H groups in total. The highest BCUT2D eigenvalue weighted by Gasteiger charge is 1.96. The van der Waals surface area contributed by atoms with Crippen molar-refractivity contribution in [3.63, 3.8) is 0 Å². The molecule has 1 atom stereocenters. The van der Waals surface area contributed by atoms with Crippen molar-refractivity contribution in [1.82, 2.24) is 0 Å². The average Bonchev–Trinajstić information content (AvgIpc) is 2.02. The topological polar surface area (TPSA) is 20.2 Å². The van der Waals surface area contributed by atoms with Gasteiger partial charge >= 0.3 is 0 Å². The van der Waals surface area contributed by atoms with Crippen molar-refractivity contribution in [3.05, 3.63) is 0 Å². The Hall–Kier alpha value is -0.0400. The number of aliphatic hydroxyl groups excluding tert-OH is 1. The van der Waals surface area contributed by atoms with Crippen molar-refractivity contribution in [1.29, 1.82) is 0 Å². The van der Waals surface area contributed by atoms with Gasteiger partial charge in [-0.05, 0) is 12.8 Å². The lowest BCUT2D eigenvalue weighted by Gasteiger charge is -2.03. The van der Waals surface area contributed by atoms with Crippen LogP contribution >= 0.6 is 0 Å². The van der Waals surface area contributed by atoms with Crippen molar-refractivity contribution < 1.29 is 5.11 Å². The fourth-order valence-electron chi connectivity index (χ4n) is 0.644. The molecule has 0 radical (unpaired) electrons. The molecule has 0 aromatic rings. The van der Waals surface area contributed by atoms with E-state index in [-0.39, 0.29) is 6.10 Å². The molecule has 0 aliphatic rings. The van der Waals surface area contributed by atoms with Crippen LogP contribution in [0.3, 0.4) is 0 Å². The van der Waals surface area contributed by atoms with Gasteiger partial charge in [0, 0.05) is 0 Å². The monoisotopic (exact) mass is 160 g/mol. The first-order chi connectivity index (χ1) is 5.22. The minimum atomic E-state index is -0.0463. The summed E-state index contributed by atoms with van der Waals surface area (Å²) in [6, 6.07) is 0. The molecular weight excluding hydrogens is 136 g/mol. The zero-order valence-electron chi connectivity index (χ0n) is 8.56. The molecule has 0 aromatic carbocycles. The second-order valence-corrected chi connectivity index (χ2v) is 2.91. The Morgan fingerprint density at radius 1 is 1.09 bits per heavy atom. The van der Waals surface area contributed by atoms with E-state index in [1.807, 2.05) is 6.92 Å². The maximum atomic E-state index is 8.99. The Labute approximate surface area is 71.8 Å². The Balaban J connectivity index is 0. The van der Waals surface area contributed by atoms with Crippen LogP contribution in [0.25, 0.3) is 0 Å². The Kier molecular flexibility index (Phi) is 15.5. The van der Waals surface area contributed by atoms with E-state index in [9.17, 15) is 0 Å². The summed E-state index contributed by atoms with van der Waals surface area (Å²) in [6.45, 7) is 8.41. The normalized spacial score (nSPS) is 11.7. The molecular formula is C10H24O. The smallest absolute Gasteiger partial charge is 0.0537 e. The van der Waals surface area contributed by atoms with Gasteiger partial charge in [-0.3, -0.25) is 0 Å². The predicted octanol–water partition coefficient (Wildman–Crippen LogP) is 3.36. The van der Waals surface area contributed by atoms with Gasteiger partial charge in [0.2, 0.25) is 0 Å². The van der Waals surface area contributed by atoms with Crippen LogP contribution < -0.4 is 0 Å². The van der Waals surface area contributed by atoms with Gasteiger partial charge in [0.15, 0.2) is 0 Å². The SMILES string of the molecule is CCC.CCCCC(O)CC. The van der Waals surface area contributed by atoms with Gasteiger partial charge in [-0.2, -0.15) is 0 Å². The van der Waals surface area contributed by atoms with Gasteiger partial charge in [0.25, 0.3) is 0 Å². The summed E-state index contributed by atoms with van der Waals surface area (Å²) < 4.78 is 0. The molecule has 0 spiro atoms. The fourth-order valence-corrected chi connectivity index (χ4v) is 0.644. The number of rotatable bonds is 4. The highest BCUT2D eigenvalue weighted by Crippen LogP contribution is 2.02. The first kappa shape index (κ1) is 13.5. The van der Waals surface area contributed by atoms with Crippen molar-refractivity contribution in [3.8, 4) is 0 Å². The van der Waals surface area contributed by atoms with Crippen LogP contribution in [0.4, 0.5) is 0 Å². The van der Waals surface area contributed by atoms with Crippen LogP contribution in [0, 0.1) is 0 Å². The van der Waals surface area contributed by atoms with E-state index in [0.29, 0.717) is 0 Å². The van der Waals surface area contributed by atoms with E-state index in [4.69, 9.17) is 5.11 Å². The summed E-state index contributed by atoms with van der Waals surface area (Å²) in [7, 11) is 0. The molecule has 0 heterocycles. The Morgan fingerprint density at radius 2 is 1.55 bits per heavy atom. The second kappa shape index (κ2) is 12.6. The molecule has 0 bridgehead atoms. The lowest BCUT2D eigenvalue weighted by atomic mass is 10.1. The number of unbranched alkanes of at least 4 members (excludes halogenated alkanes) is 1. The zero-order valence-corrected chi connectivity index (χ0v) is 8.56. The molecule has 11 heavy (non-hydrogen) atoms. The molecule has 0 aliphatic heterocycles. The molecule has 0 saturated heterocycles. The predicted molar refractivity (Wildman–Crippen MR) is 51.8 cm³/mol. The molecule has 0 fully saturated rings. The summed E-state index contributed by atoms with van der Waals surface area (Å²) in [4.78, 5) is 0. The number of aliphatic hydroxyl groups is 1. The molecule has 0 rings (SSSR count). The molecule has 1 unspecified atom stereocenters. The molecule has 1 heteroatoms. The van der Waals surface area contributed by atoms with E-state index in [1.165, 1.54) is 12.8 Å². The van der Waals surface area contributed by atoms with Crippen molar-refractivity contribution >= 4 is 0 Å². The number of hydrogen-bond donors (Lipinski definition) is 1. The van der Waals surface area contributed by atoms with Crippen LogP contribution in [0.5, 0.6) is 0 Å². The molecule has 1 nitrogen and oxygen atoms in total. The van der Waals surface area contributed by atoms with E-state index in [1.54, 1.807) is 0 Å². The molecule has 0 amide bonds. The summed E-state index contributed by atoms with van der Waals surface area (Å²) >= 11 is 0. The number of hydrogen-bond acceptors (Lipinski definition) is 1. The van der Waals surface area contributed by atoms with Gasteiger partial charge in [-0.15, -0.1) is 0 Å². The van der Waals surface area contributed by atoms with Crippen LogP contribution in [0.2, 0.25) is 0 Å². The fraction of sp³-hybridized carbons (Fsp3) is 1.00. The zero-order chi connectivity index (χ0) is 9.11. The van der Waals surface area contributed by atoms with Crippen molar-refractivity contribution in [2.45, 2.75) is 65.9 Å². The highest BCUT2D eigenvalue weighted by molar-refractivity contribution is 4.49. The molecule has 0 aromatic heterocycles. The van der Waals surface area contributed by atoms with Gasteiger partial charge in [-0.1, -0.05) is 47.0 Å². The maximum absolute atomic E-state index is 8.99. The van der Waals surface area contributed by atoms with Gasteiger partial charge in [0.05, 0.1) is 6.10 Å². The second-order valence-electron chi connectivity index (χ2n) is 2.91. The van der Waals surface area contributed by atoms with Gasteiger partial charge < -0.3 is 5.11 Å². The van der Waals surface area contributed by atoms with Gasteiger partial charge in [0.1, 0.15) is 0 Å². The lowest BCUT2D eigenvalue weighted by molar-refractivity contribution is 0.157. The maximum Gasteiger partial charge on any atom is 0.0537 e. The van der Waals surface area contributed by atoms with Crippen LogP contribution in [0.1, 0.15) is 59.8 Å². The minimum Gasteiger partial charge on any atom is -0.393 e. The summed E-state index contributed by atoms with van der Waals surface area (Å²) in [6.07, 6.45) is 5.44. The third kappa shape index (κ3) is 17.8. The van der Waals surface area contributed by atoms with E-state index >= 15 is 0 Å². The Bertz CT molecular complexity index is 52.8. The molecule has 70 valence electrons. The quantitative estimate of drug-likeness (QED) is 0.668. The minimum absolute atomic E-state index is 0.0463. The molecule has 0 saturated carbocycles. The van der Waals surface area contributed by atoms with Crippen LogP contribution in [0.15, 0.2) is 0 Å².